The van der Waals surface area contributed by atoms with Crippen molar-refractivity contribution in [3.05, 3.63) is 0 Å². The van der Waals surface area contributed by atoms with Crippen LogP contribution in [0.25, 0.3) is 0 Å². The van der Waals surface area contributed by atoms with Crippen LogP contribution in [0.2, 0.25) is 0 Å². The summed E-state index contributed by atoms with van der Waals surface area (Å²) in [6.07, 6.45) is -4.14. The molecule has 4 nitrogen and oxygen atoms in total. The fourth-order valence-electron chi connectivity index (χ4n) is 0.398. The second-order valence-electron chi connectivity index (χ2n) is 2.16. The van der Waals surface area contributed by atoms with Gasteiger partial charge in [-0.3, -0.25) is 4.74 Å². The zero-order valence-corrected chi connectivity index (χ0v) is 9.21. The van der Waals surface area contributed by atoms with E-state index < -0.39 is 23.2 Å². The normalized spacial score (nSPS) is 13.9. The van der Waals surface area contributed by atoms with Gasteiger partial charge in [0.15, 0.2) is 6.79 Å². The number of carbonyl (C=O) groups excluding carboxylic acids is 1. The Labute approximate surface area is 87.7 Å². The first-order chi connectivity index (χ1) is 5.81. The number of hydrogen-bond acceptors (Lipinski definition) is 4. The van der Waals surface area contributed by atoms with Crippen molar-refractivity contribution in [3.8, 4) is 0 Å². The van der Waals surface area contributed by atoms with E-state index in [0.717, 1.165) is 0 Å². The molecular formula is C6H9F2IO4. The molecule has 0 bridgehead atoms. The molecule has 0 aromatic rings. The Kier molecular flexibility index (Phi) is 5.65. The number of halogens is 3. The third kappa shape index (κ3) is 9.90. The Morgan fingerprint density at radius 2 is 2.15 bits per heavy atom. The van der Waals surface area contributed by atoms with E-state index >= 15 is 0 Å². The maximum atomic E-state index is 12.0. The van der Waals surface area contributed by atoms with Crippen LogP contribution in [-0.2, 0) is 14.2 Å². The Balaban J connectivity index is 3.48. The molecule has 0 heterocycles. The molecule has 0 aliphatic heterocycles. The molecule has 0 aliphatic carbocycles. The van der Waals surface area contributed by atoms with Crippen LogP contribution in [0.3, 0.4) is 0 Å². The second-order valence-corrected chi connectivity index (χ2v) is 3.04. The molecule has 7 heteroatoms. The Hall–Kier alpha value is -0.0200. The maximum absolute atomic E-state index is 12.0. The predicted molar refractivity (Wildman–Crippen MR) is 47.6 cm³/mol. The van der Waals surface area contributed by atoms with Crippen molar-refractivity contribution in [3.63, 3.8) is 0 Å². The van der Waals surface area contributed by atoms with Gasteiger partial charge in [0.1, 0.15) is 0 Å². The maximum Gasteiger partial charge on any atom is 0.369 e. The third-order valence-electron chi connectivity index (χ3n) is 0.874. The highest BCUT2D eigenvalue weighted by Crippen LogP contribution is 2.13. The van der Waals surface area contributed by atoms with Gasteiger partial charge in [0, 0.05) is 6.92 Å². The lowest BCUT2D eigenvalue weighted by molar-refractivity contribution is -0.284. The molecule has 0 amide bonds. The van der Waals surface area contributed by atoms with Gasteiger partial charge >= 0.3 is 10.1 Å². The number of alkyl halides is 2. The summed E-state index contributed by atoms with van der Waals surface area (Å²) in [5.41, 5.74) is 0. The Bertz CT molecular complexity index is 171. The summed E-state index contributed by atoms with van der Waals surface area (Å²) in [7, 11) is 0. The fraction of sp³-hybridized carbons (Fsp3) is 0.833. The number of carbonyl (C=O) groups is 1. The van der Waals surface area contributed by atoms with Crippen LogP contribution in [0.5, 0.6) is 0 Å². The number of ether oxygens (including phenoxy) is 3. The highest BCUT2D eigenvalue weighted by molar-refractivity contribution is 14.1. The van der Waals surface area contributed by atoms with Crippen molar-refractivity contribution in [2.45, 2.75) is 26.2 Å². The summed E-state index contributed by atoms with van der Waals surface area (Å²) in [6, 6.07) is 0. The third-order valence-corrected chi connectivity index (χ3v) is 1.13. The molecule has 0 aromatic heterocycles. The molecule has 1 atom stereocenters. The van der Waals surface area contributed by atoms with Crippen LogP contribution in [0.15, 0.2) is 0 Å². The van der Waals surface area contributed by atoms with Crippen molar-refractivity contribution in [2.75, 3.05) is 6.79 Å². The first kappa shape index (κ1) is 13.0. The van der Waals surface area contributed by atoms with Gasteiger partial charge in [-0.25, -0.2) is 4.79 Å². The molecule has 0 saturated carbocycles. The van der Waals surface area contributed by atoms with Crippen molar-refractivity contribution in [1.29, 1.82) is 0 Å². The molecular weight excluding hydrogens is 301 g/mol. The smallest absolute Gasteiger partial charge is 0.369 e. The molecule has 0 N–H and O–H groups in total. The first-order valence-electron chi connectivity index (χ1n) is 3.31. The number of hydrogen-bond donors (Lipinski definition) is 0. The van der Waals surface area contributed by atoms with Crippen LogP contribution in [-0.4, -0.2) is 23.2 Å². The largest absolute Gasteiger partial charge is 0.428 e. The summed E-state index contributed by atoms with van der Waals surface area (Å²) in [5, 5.41) is 0. The SMILES string of the molecule is CC(OCOC(C)(F)F)OC(=O)I. The number of rotatable bonds is 5. The molecule has 13 heavy (non-hydrogen) atoms. The van der Waals surface area contributed by atoms with Crippen molar-refractivity contribution in [2.24, 2.45) is 0 Å². The predicted octanol–water partition coefficient (Wildman–Crippen LogP) is 2.51. The molecule has 78 valence electrons. The lowest BCUT2D eigenvalue weighted by atomic mass is 10.7. The van der Waals surface area contributed by atoms with Crippen LogP contribution in [0.1, 0.15) is 13.8 Å². The zero-order chi connectivity index (χ0) is 10.5. The van der Waals surface area contributed by atoms with Crippen molar-refractivity contribution >= 4 is 26.6 Å². The van der Waals surface area contributed by atoms with Gasteiger partial charge in [0.05, 0.1) is 22.6 Å². The van der Waals surface area contributed by atoms with E-state index in [1.807, 2.05) is 0 Å². The Morgan fingerprint density at radius 3 is 2.54 bits per heavy atom. The Morgan fingerprint density at radius 1 is 1.62 bits per heavy atom. The van der Waals surface area contributed by atoms with E-state index in [2.05, 4.69) is 14.2 Å². The van der Waals surface area contributed by atoms with Gasteiger partial charge in [-0.1, -0.05) is 0 Å². The van der Waals surface area contributed by atoms with Crippen LogP contribution >= 0.6 is 22.6 Å². The molecule has 0 radical (unpaired) electrons. The molecule has 1 unspecified atom stereocenters. The standard InChI is InChI=1S/C6H9F2IO4/c1-4(13-5(9)10)11-3-12-6(2,7)8/h4H,3H2,1-2H3. The van der Waals surface area contributed by atoms with E-state index in [9.17, 15) is 13.6 Å². The van der Waals surface area contributed by atoms with Crippen molar-refractivity contribution < 1.29 is 27.8 Å². The van der Waals surface area contributed by atoms with E-state index in [-0.39, 0.29) is 0 Å². The van der Waals surface area contributed by atoms with E-state index in [1.165, 1.54) is 29.5 Å². The van der Waals surface area contributed by atoms with Crippen LogP contribution < -0.4 is 0 Å². The van der Waals surface area contributed by atoms with E-state index in [1.54, 1.807) is 0 Å². The molecule has 0 saturated heterocycles. The zero-order valence-electron chi connectivity index (χ0n) is 7.05. The summed E-state index contributed by atoms with van der Waals surface area (Å²) >= 11 is 1.40. The minimum absolute atomic E-state index is 0.576. The summed E-state index contributed by atoms with van der Waals surface area (Å²) in [4.78, 5) is 10.3. The van der Waals surface area contributed by atoms with Gasteiger partial charge in [0.25, 0.3) is 0 Å². The highest BCUT2D eigenvalue weighted by atomic mass is 127. The van der Waals surface area contributed by atoms with E-state index in [4.69, 9.17) is 0 Å². The monoisotopic (exact) mass is 310 g/mol. The lowest BCUT2D eigenvalue weighted by Gasteiger charge is -2.15. The molecule has 0 aromatic carbocycles. The van der Waals surface area contributed by atoms with Crippen molar-refractivity contribution in [1.82, 2.24) is 0 Å². The van der Waals surface area contributed by atoms with Gasteiger partial charge in [-0.05, 0) is 6.92 Å². The van der Waals surface area contributed by atoms with Gasteiger partial charge in [-0.2, -0.15) is 8.78 Å². The van der Waals surface area contributed by atoms with Crippen LogP contribution in [0.4, 0.5) is 13.6 Å². The van der Waals surface area contributed by atoms with Gasteiger partial charge in [-0.15, -0.1) is 0 Å². The summed E-state index contributed by atoms with van der Waals surface area (Å²) in [5.74, 6) is 0. The van der Waals surface area contributed by atoms with Gasteiger partial charge < -0.3 is 9.47 Å². The summed E-state index contributed by atoms with van der Waals surface area (Å²) < 4.78 is 36.4. The first-order valence-corrected chi connectivity index (χ1v) is 4.38. The minimum atomic E-state index is -3.24. The van der Waals surface area contributed by atoms with E-state index in [0.29, 0.717) is 6.92 Å². The fourth-order valence-corrected chi connectivity index (χ4v) is 0.756. The lowest BCUT2D eigenvalue weighted by Crippen LogP contribution is -2.22. The van der Waals surface area contributed by atoms with Crippen LogP contribution in [0, 0.1) is 0 Å². The minimum Gasteiger partial charge on any atom is -0.428 e. The highest BCUT2D eigenvalue weighted by Gasteiger charge is 2.22. The topological polar surface area (TPSA) is 44.8 Å². The molecule has 0 fully saturated rings. The summed E-state index contributed by atoms with van der Waals surface area (Å²) in [6.45, 7) is 1.35. The average molecular weight is 310 g/mol. The average Bonchev–Trinajstić information content (AvgIpc) is 1.81. The molecule has 0 rings (SSSR count). The molecule has 0 aliphatic rings. The second kappa shape index (κ2) is 5.66. The quantitative estimate of drug-likeness (QED) is 0.445. The van der Waals surface area contributed by atoms with Gasteiger partial charge in [0.2, 0.25) is 6.29 Å². The molecule has 0 spiro atoms.